The number of aryl methyl sites for hydroxylation is 1. The lowest BCUT2D eigenvalue weighted by molar-refractivity contribution is -0.368. The topological polar surface area (TPSA) is 248 Å². The zero-order valence-corrected chi connectivity index (χ0v) is 50.5. The summed E-state index contributed by atoms with van der Waals surface area (Å²) in [5, 5.41) is 15.1. The van der Waals surface area contributed by atoms with Crippen molar-refractivity contribution in [2.45, 2.75) is 88.1 Å². The van der Waals surface area contributed by atoms with Gasteiger partial charge in [0.15, 0.2) is 5.88 Å². The highest BCUT2D eigenvalue weighted by atomic mass is 35.5. The van der Waals surface area contributed by atoms with Crippen molar-refractivity contribution in [3.63, 3.8) is 0 Å². The van der Waals surface area contributed by atoms with E-state index in [2.05, 4.69) is 38.7 Å². The fourth-order valence-corrected chi connectivity index (χ4v) is 10.0. The van der Waals surface area contributed by atoms with E-state index >= 15 is 0 Å². The van der Waals surface area contributed by atoms with Crippen LogP contribution in [-0.2, 0) is 79.4 Å². The van der Waals surface area contributed by atoms with Crippen LogP contribution in [0.25, 0.3) is 0 Å². The summed E-state index contributed by atoms with van der Waals surface area (Å²) < 4.78 is 72.2. The number of fused-ring (bicyclic) bond motifs is 1. The van der Waals surface area contributed by atoms with Crippen molar-refractivity contribution >= 4 is 35.5 Å². The summed E-state index contributed by atoms with van der Waals surface area (Å²) in [6, 6.07) is 15.8. The normalized spacial score (nSPS) is 15.5. The number of hydrogen-bond donors (Lipinski definition) is 5. The number of rotatable bonds is 57. The SMILES string of the molecule is O=C(CCCC[C@H]1SC[C@H]2NC(=O)N[C@H]21)NCCOCCOCCOCCOCCOCCOCCOCCOCCOCCOCCOCCOCCC(=O)NCc1ccc(C(=O)NCCCCOc2ccc(CCCC[ClH+])cc2)cc1. The van der Waals surface area contributed by atoms with Crippen LogP contribution in [0, 0.1) is 11.6 Å². The number of alkyl halides is 1. The van der Waals surface area contributed by atoms with Gasteiger partial charge in [0.1, 0.15) is 17.4 Å². The molecule has 83 heavy (non-hydrogen) atoms. The molecule has 22 nitrogen and oxygen atoms in total. The highest BCUT2D eigenvalue weighted by molar-refractivity contribution is 8.00. The van der Waals surface area contributed by atoms with Gasteiger partial charge in [0.2, 0.25) is 11.8 Å². The van der Waals surface area contributed by atoms with Gasteiger partial charge in [0, 0.05) is 55.5 Å². The number of amides is 5. The van der Waals surface area contributed by atoms with Gasteiger partial charge in [-0.15, -0.1) is 0 Å². The largest absolute Gasteiger partial charge is 0.494 e. The molecule has 0 aliphatic carbocycles. The van der Waals surface area contributed by atoms with Crippen LogP contribution in [0.5, 0.6) is 5.75 Å². The molecule has 2 heterocycles. The Hall–Kier alpha value is -3.92. The van der Waals surface area contributed by atoms with Crippen molar-refractivity contribution in [1.82, 2.24) is 26.6 Å². The first-order valence-electron chi connectivity index (χ1n) is 29.7. The van der Waals surface area contributed by atoms with E-state index < -0.39 is 0 Å². The van der Waals surface area contributed by atoms with Gasteiger partial charge in [-0.3, -0.25) is 14.4 Å². The van der Waals surface area contributed by atoms with Crippen LogP contribution in [-0.4, -0.2) is 231 Å². The Bertz CT molecular complexity index is 1940. The van der Waals surface area contributed by atoms with Gasteiger partial charge >= 0.3 is 6.03 Å². The molecule has 2 fully saturated rings. The molecule has 472 valence electrons. The maximum absolute atomic E-state index is 12.6. The summed E-state index contributed by atoms with van der Waals surface area (Å²) in [6.45, 7) is 12.8. The van der Waals surface area contributed by atoms with Crippen LogP contribution in [0.1, 0.15) is 79.3 Å². The van der Waals surface area contributed by atoms with Crippen molar-refractivity contribution in [1.29, 1.82) is 0 Å². The Kier molecular flexibility index (Phi) is 43.3. The lowest BCUT2D eigenvalue weighted by Gasteiger charge is -2.16. The second kappa shape index (κ2) is 50.3. The molecule has 5 amide bonds. The molecule has 2 aliphatic rings. The molecule has 5 N–H and O–H groups in total. The second-order valence-corrected chi connectivity index (χ2v) is 21.1. The summed E-state index contributed by atoms with van der Waals surface area (Å²) in [5.74, 6) is 2.41. The number of thioether (sulfide) groups is 1. The van der Waals surface area contributed by atoms with Crippen molar-refractivity contribution in [2.75, 3.05) is 190 Å². The zero-order valence-electron chi connectivity index (χ0n) is 48.9. The summed E-state index contributed by atoms with van der Waals surface area (Å²) >= 11 is 6.91. The monoisotopic (exact) mass is 1210 g/mol. The highest BCUT2D eigenvalue weighted by Gasteiger charge is 2.42. The Labute approximate surface area is 501 Å². The molecule has 0 unspecified atom stereocenters. The van der Waals surface area contributed by atoms with Crippen LogP contribution in [0.3, 0.4) is 0 Å². The minimum absolute atomic E-state index is 0.0361. The number of ether oxygens (including phenoxy) is 13. The predicted octanol–water partition coefficient (Wildman–Crippen LogP) is 3.93. The Balaban J connectivity index is 0.752. The van der Waals surface area contributed by atoms with Crippen molar-refractivity contribution in [3.8, 4) is 5.75 Å². The van der Waals surface area contributed by atoms with E-state index in [0.29, 0.717) is 195 Å². The zero-order chi connectivity index (χ0) is 58.7. The molecular weight excluding hydrogens is 1120 g/mol. The van der Waals surface area contributed by atoms with Crippen LogP contribution >= 0.6 is 11.8 Å². The lowest BCUT2D eigenvalue weighted by Crippen LogP contribution is -2.36. The highest BCUT2D eigenvalue weighted by Crippen LogP contribution is 2.33. The summed E-state index contributed by atoms with van der Waals surface area (Å²) in [5.41, 5.74) is 2.77. The molecule has 0 saturated carbocycles. The van der Waals surface area contributed by atoms with Crippen LogP contribution in [0.2, 0.25) is 0 Å². The fraction of sp³-hybridized carbons (Fsp3) is 0.729. The van der Waals surface area contributed by atoms with Gasteiger partial charge in [0.05, 0.1) is 177 Å². The smallest absolute Gasteiger partial charge is 0.315 e. The van der Waals surface area contributed by atoms with Crippen molar-refractivity contribution < 1.29 is 92.4 Å². The first-order chi connectivity index (χ1) is 40.9. The van der Waals surface area contributed by atoms with E-state index in [0.717, 1.165) is 74.3 Å². The van der Waals surface area contributed by atoms with Crippen molar-refractivity contribution in [3.05, 3.63) is 65.2 Å². The molecular formula is C59H97ClN5O17S+. The molecule has 0 radical (unpaired) electrons. The molecule has 2 aromatic rings. The molecule has 2 aliphatic heterocycles. The van der Waals surface area contributed by atoms with Crippen molar-refractivity contribution in [2.24, 2.45) is 0 Å². The van der Waals surface area contributed by atoms with E-state index in [-0.39, 0.29) is 48.9 Å². The number of carbonyl (C=O) groups excluding carboxylic acids is 4. The third-order valence-electron chi connectivity index (χ3n) is 12.8. The molecule has 0 spiro atoms. The van der Waals surface area contributed by atoms with Crippen LogP contribution < -0.4 is 31.3 Å². The Morgan fingerprint density at radius 3 is 1.47 bits per heavy atom. The van der Waals surface area contributed by atoms with Gasteiger partial charge in [0.25, 0.3) is 5.91 Å². The number of hydrogen-bond acceptors (Lipinski definition) is 18. The minimum atomic E-state index is -0.128. The average Bonchev–Trinajstić information content (AvgIpc) is 4.12. The number of unbranched alkanes of at least 4 members (excludes halogenated alkanes) is 3. The molecule has 24 heteroatoms. The molecule has 0 bridgehead atoms. The first-order valence-corrected chi connectivity index (χ1v) is 31.4. The Morgan fingerprint density at radius 1 is 0.470 bits per heavy atom. The maximum Gasteiger partial charge on any atom is 0.315 e. The van der Waals surface area contributed by atoms with E-state index in [4.69, 9.17) is 73.2 Å². The number of urea groups is 1. The Morgan fingerprint density at radius 2 is 0.952 bits per heavy atom. The lowest BCUT2D eigenvalue weighted by atomic mass is 10.0. The minimum Gasteiger partial charge on any atom is -0.494 e. The maximum atomic E-state index is 12.6. The number of halogens is 1. The van der Waals surface area contributed by atoms with Gasteiger partial charge in [-0.1, -0.05) is 30.7 Å². The predicted molar refractivity (Wildman–Crippen MR) is 312 cm³/mol. The number of benzene rings is 2. The average molecular weight is 1220 g/mol. The summed E-state index contributed by atoms with van der Waals surface area (Å²) in [7, 11) is 0. The van der Waals surface area contributed by atoms with Crippen LogP contribution in [0.4, 0.5) is 4.79 Å². The van der Waals surface area contributed by atoms with Gasteiger partial charge in [-0.2, -0.15) is 11.8 Å². The molecule has 2 aromatic carbocycles. The fourth-order valence-electron chi connectivity index (χ4n) is 8.28. The molecule has 2 saturated heterocycles. The van der Waals surface area contributed by atoms with E-state index in [1.54, 1.807) is 12.1 Å². The standard InChI is InChI=1S/C59H96ClN5O17S/c60-19-4-3-7-49-12-16-52(17-13-49)82-22-6-5-20-62-58(68)51-14-10-50(11-15-51)47-63-56(67)18-23-70-25-27-72-29-31-74-33-35-76-37-39-78-41-43-80-45-46-81-44-42-79-40-38-77-36-34-75-32-30-73-28-26-71-24-21-61-55(66)9-2-1-8-54-57-53(48-83-54)64-59(69)65-57/h10-17,53-54,57,60H,1-9,18-48H2,(H4-,61,62,63,64,65,66,67,68,69)/p+1/t53-,54-,57-/m1/s1. The quantitative estimate of drug-likeness (QED) is 0.0358. The molecule has 0 aromatic heterocycles. The molecule has 3 atom stereocenters. The van der Waals surface area contributed by atoms with Gasteiger partial charge < -0.3 is 88.2 Å². The van der Waals surface area contributed by atoms with Gasteiger partial charge in [-0.25, -0.2) is 4.79 Å². The van der Waals surface area contributed by atoms with E-state index in [1.165, 1.54) is 5.56 Å². The third-order valence-corrected chi connectivity index (χ3v) is 14.6. The second-order valence-electron chi connectivity index (χ2n) is 19.4. The van der Waals surface area contributed by atoms with E-state index in [1.807, 2.05) is 36.0 Å². The summed E-state index contributed by atoms with van der Waals surface area (Å²) in [4.78, 5) is 48.5. The van der Waals surface area contributed by atoms with E-state index in [9.17, 15) is 19.2 Å². The molecule has 4 rings (SSSR count). The third kappa shape index (κ3) is 38.0. The first kappa shape index (κ1) is 71.6. The van der Waals surface area contributed by atoms with Crippen LogP contribution in [0.15, 0.2) is 48.5 Å². The summed E-state index contributed by atoms with van der Waals surface area (Å²) in [6.07, 6.45) is 8.41. The number of nitrogens with one attached hydrogen (secondary N) is 5. The number of carbonyl (C=O) groups is 4. The van der Waals surface area contributed by atoms with Gasteiger partial charge in [-0.05, 0) is 73.9 Å².